The minimum absolute atomic E-state index is 0.0649. The number of nitrogens with zero attached hydrogens (tertiary/aromatic N) is 2. The molecule has 4 rings (SSSR count). The Morgan fingerprint density at radius 3 is 2.34 bits per heavy atom. The smallest absolute Gasteiger partial charge is 0.262 e. The van der Waals surface area contributed by atoms with Crippen LogP contribution in [0.15, 0.2) is 77.7 Å². The first-order valence-corrected chi connectivity index (χ1v) is 10.6. The molecule has 0 aliphatic rings. The molecule has 32 heavy (non-hydrogen) atoms. The van der Waals surface area contributed by atoms with Gasteiger partial charge in [-0.1, -0.05) is 24.3 Å². The third kappa shape index (κ3) is 4.27. The van der Waals surface area contributed by atoms with Crippen LogP contribution in [0.25, 0.3) is 27.6 Å². The number of rotatable bonds is 5. The molecule has 0 aliphatic carbocycles. The Kier molecular flexibility index (Phi) is 5.56. The van der Waals surface area contributed by atoms with E-state index >= 15 is 0 Å². The Hall–Kier alpha value is -3.88. The quantitative estimate of drug-likeness (QED) is 0.475. The van der Waals surface area contributed by atoms with E-state index in [0.29, 0.717) is 17.5 Å². The van der Waals surface area contributed by atoms with Crippen LogP contribution in [0.3, 0.4) is 0 Å². The summed E-state index contributed by atoms with van der Waals surface area (Å²) in [6.07, 6.45) is 1.89. The second-order valence-corrected chi connectivity index (χ2v) is 8.79. The van der Waals surface area contributed by atoms with Crippen molar-refractivity contribution < 1.29 is 0 Å². The summed E-state index contributed by atoms with van der Waals surface area (Å²) in [7, 11) is 0. The van der Waals surface area contributed by atoms with Crippen LogP contribution < -0.4 is 16.6 Å². The van der Waals surface area contributed by atoms with E-state index in [0.717, 1.165) is 33.5 Å². The lowest BCUT2D eigenvalue weighted by atomic mass is 9.96. The minimum atomic E-state index is -0.308. The van der Waals surface area contributed by atoms with Gasteiger partial charge in [0, 0.05) is 35.0 Å². The van der Waals surface area contributed by atoms with Gasteiger partial charge in [0.15, 0.2) is 0 Å². The number of nitriles is 1. The molecule has 1 aromatic heterocycles. The minimum Gasteiger partial charge on any atom is -0.383 e. The number of benzene rings is 3. The molecule has 0 fully saturated rings. The van der Waals surface area contributed by atoms with E-state index in [1.54, 1.807) is 16.7 Å². The van der Waals surface area contributed by atoms with Gasteiger partial charge < -0.3 is 11.1 Å². The summed E-state index contributed by atoms with van der Waals surface area (Å²) in [5.41, 5.74) is 11.0. The number of nitrogens with one attached hydrogen (secondary N) is 1. The lowest BCUT2D eigenvalue weighted by Crippen LogP contribution is -2.39. The fourth-order valence-electron chi connectivity index (χ4n) is 3.83. The van der Waals surface area contributed by atoms with E-state index in [1.807, 2.05) is 81.6 Å². The molecule has 0 saturated carbocycles. The molecule has 0 saturated heterocycles. The lowest BCUT2D eigenvalue weighted by Gasteiger charge is -2.20. The maximum absolute atomic E-state index is 13.4. The van der Waals surface area contributed by atoms with E-state index in [9.17, 15) is 4.79 Å². The van der Waals surface area contributed by atoms with Gasteiger partial charge in [-0.15, -0.1) is 0 Å². The van der Waals surface area contributed by atoms with Crippen LogP contribution in [0, 0.1) is 18.3 Å². The summed E-state index contributed by atoms with van der Waals surface area (Å²) in [4.78, 5) is 13.4. The van der Waals surface area contributed by atoms with E-state index in [1.165, 1.54) is 0 Å². The number of pyridine rings is 1. The number of hydrogen-bond acceptors (Lipinski definition) is 4. The SMILES string of the molecule is Cc1cn(-c2ccc(NCC(C)(C)N)cc2)c(=O)c2cccc(-c3ccc(C#N)cc3)c12. The third-order valence-corrected chi connectivity index (χ3v) is 5.45. The third-order valence-electron chi connectivity index (χ3n) is 5.45. The molecular weight excluding hydrogens is 396 g/mol. The molecule has 1 heterocycles. The molecule has 0 radical (unpaired) electrons. The Morgan fingerprint density at radius 1 is 1.03 bits per heavy atom. The van der Waals surface area contributed by atoms with Crippen LogP contribution in [0.2, 0.25) is 0 Å². The summed E-state index contributed by atoms with van der Waals surface area (Å²) in [6.45, 7) is 6.61. The van der Waals surface area contributed by atoms with Gasteiger partial charge in [-0.05, 0) is 85.3 Å². The molecule has 0 spiro atoms. The summed E-state index contributed by atoms with van der Waals surface area (Å²) >= 11 is 0. The van der Waals surface area contributed by atoms with Crippen LogP contribution >= 0.6 is 0 Å². The topological polar surface area (TPSA) is 83.8 Å². The summed E-state index contributed by atoms with van der Waals surface area (Å²) in [5, 5.41) is 14.0. The number of aryl methyl sites for hydroxylation is 1. The Morgan fingerprint density at radius 2 is 1.72 bits per heavy atom. The zero-order chi connectivity index (χ0) is 22.9. The normalized spacial score (nSPS) is 11.3. The highest BCUT2D eigenvalue weighted by Crippen LogP contribution is 2.30. The molecule has 0 atom stereocenters. The molecule has 5 heteroatoms. The Balaban J connectivity index is 1.76. The average molecular weight is 423 g/mol. The number of fused-ring (bicyclic) bond motifs is 1. The zero-order valence-corrected chi connectivity index (χ0v) is 18.5. The maximum Gasteiger partial charge on any atom is 0.262 e. The molecule has 3 N–H and O–H groups in total. The van der Waals surface area contributed by atoms with Crippen molar-refractivity contribution in [3.05, 3.63) is 94.4 Å². The van der Waals surface area contributed by atoms with Crippen molar-refractivity contribution in [2.75, 3.05) is 11.9 Å². The summed E-state index contributed by atoms with van der Waals surface area (Å²) in [5.74, 6) is 0. The van der Waals surface area contributed by atoms with Crippen LogP contribution in [0.5, 0.6) is 0 Å². The molecular formula is C27H26N4O. The molecule has 0 aliphatic heterocycles. The molecule has 3 aromatic carbocycles. The van der Waals surface area contributed by atoms with Crippen LogP contribution in [-0.2, 0) is 0 Å². The number of nitrogens with two attached hydrogens (primary N) is 1. The van der Waals surface area contributed by atoms with Crippen LogP contribution in [0.4, 0.5) is 5.69 Å². The van der Waals surface area contributed by atoms with Crippen molar-refractivity contribution in [3.63, 3.8) is 0 Å². The standard InChI is InChI=1S/C27H26N4O/c1-18-16-31(22-13-11-21(12-14-22)30-17-27(2,3)29)26(32)24-6-4-5-23(25(18)24)20-9-7-19(15-28)8-10-20/h4-14,16,30H,17,29H2,1-3H3. The van der Waals surface area contributed by atoms with Crippen molar-refractivity contribution in [2.45, 2.75) is 26.3 Å². The van der Waals surface area contributed by atoms with Crippen LogP contribution in [-0.4, -0.2) is 16.7 Å². The van der Waals surface area contributed by atoms with Gasteiger partial charge in [-0.25, -0.2) is 0 Å². The van der Waals surface area contributed by atoms with Gasteiger partial charge in [-0.3, -0.25) is 9.36 Å². The number of aromatic nitrogens is 1. The van der Waals surface area contributed by atoms with Crippen molar-refractivity contribution in [2.24, 2.45) is 5.73 Å². The van der Waals surface area contributed by atoms with Gasteiger partial charge in [0.25, 0.3) is 5.56 Å². The van der Waals surface area contributed by atoms with E-state index in [4.69, 9.17) is 11.0 Å². The predicted octanol–water partition coefficient (Wildman–Crippen LogP) is 4.99. The van der Waals surface area contributed by atoms with E-state index < -0.39 is 0 Å². The number of hydrogen-bond donors (Lipinski definition) is 2. The molecule has 160 valence electrons. The molecule has 4 aromatic rings. The average Bonchev–Trinajstić information content (AvgIpc) is 2.79. The van der Waals surface area contributed by atoms with Crippen molar-refractivity contribution in [1.29, 1.82) is 5.26 Å². The fourth-order valence-corrected chi connectivity index (χ4v) is 3.83. The lowest BCUT2D eigenvalue weighted by molar-refractivity contribution is 0.549. The van der Waals surface area contributed by atoms with E-state index in [2.05, 4.69) is 11.4 Å². The van der Waals surface area contributed by atoms with Gasteiger partial charge in [0.05, 0.1) is 11.6 Å². The largest absolute Gasteiger partial charge is 0.383 e. The highest BCUT2D eigenvalue weighted by atomic mass is 16.1. The van der Waals surface area contributed by atoms with Crippen molar-refractivity contribution in [1.82, 2.24) is 4.57 Å². The van der Waals surface area contributed by atoms with Gasteiger partial charge in [0.1, 0.15) is 0 Å². The number of anilines is 1. The van der Waals surface area contributed by atoms with Gasteiger partial charge in [-0.2, -0.15) is 5.26 Å². The Bertz CT molecular complexity index is 1370. The van der Waals surface area contributed by atoms with E-state index in [-0.39, 0.29) is 11.1 Å². The zero-order valence-electron chi connectivity index (χ0n) is 18.5. The second-order valence-electron chi connectivity index (χ2n) is 8.79. The van der Waals surface area contributed by atoms with Crippen LogP contribution in [0.1, 0.15) is 25.0 Å². The van der Waals surface area contributed by atoms with Gasteiger partial charge >= 0.3 is 0 Å². The highest BCUT2D eigenvalue weighted by molar-refractivity contribution is 5.98. The first-order valence-electron chi connectivity index (χ1n) is 10.6. The maximum atomic E-state index is 13.4. The highest BCUT2D eigenvalue weighted by Gasteiger charge is 2.13. The van der Waals surface area contributed by atoms with Crippen molar-refractivity contribution >= 4 is 16.5 Å². The molecule has 0 unspecified atom stereocenters. The monoisotopic (exact) mass is 422 g/mol. The summed E-state index contributed by atoms with van der Waals surface area (Å²) < 4.78 is 1.69. The molecule has 0 bridgehead atoms. The molecule has 0 amide bonds. The fraction of sp³-hybridized carbons (Fsp3) is 0.185. The summed E-state index contributed by atoms with van der Waals surface area (Å²) in [6, 6.07) is 23.2. The molecule has 5 nitrogen and oxygen atoms in total. The van der Waals surface area contributed by atoms with Gasteiger partial charge in [0.2, 0.25) is 0 Å². The first kappa shape index (κ1) is 21.4. The van der Waals surface area contributed by atoms with Crippen molar-refractivity contribution in [3.8, 4) is 22.9 Å². The Labute approximate surface area is 187 Å². The predicted molar refractivity (Wildman–Crippen MR) is 131 cm³/mol. The first-order chi connectivity index (χ1) is 15.3. The second kappa shape index (κ2) is 8.33.